The van der Waals surface area contributed by atoms with E-state index in [9.17, 15) is 9.90 Å². The molecule has 2 unspecified atom stereocenters. The van der Waals surface area contributed by atoms with Crippen molar-refractivity contribution in [2.24, 2.45) is 0 Å². The zero-order valence-electron chi connectivity index (χ0n) is 17.6. The van der Waals surface area contributed by atoms with Gasteiger partial charge in [0.15, 0.2) is 5.78 Å². The van der Waals surface area contributed by atoms with Gasteiger partial charge in [-0.1, -0.05) is 19.1 Å². The summed E-state index contributed by atoms with van der Waals surface area (Å²) in [5.41, 5.74) is 2.77. The Morgan fingerprint density at radius 2 is 1.87 bits per heavy atom. The van der Waals surface area contributed by atoms with E-state index in [1.807, 2.05) is 26.1 Å². The van der Waals surface area contributed by atoms with E-state index < -0.39 is 6.10 Å². The number of aliphatic hydroxyl groups is 1. The van der Waals surface area contributed by atoms with Crippen LogP contribution in [0.15, 0.2) is 61.2 Å². The molecule has 7 heteroatoms. The Labute approximate surface area is 176 Å². The fourth-order valence-corrected chi connectivity index (χ4v) is 3.18. The number of Topliss-reactive ketones (excluding diaryl/α,β-unsaturated/α-hetero) is 1. The molecular formula is C23H28N4O3. The number of ketones is 1. The van der Waals surface area contributed by atoms with Crippen LogP contribution in [0, 0.1) is 0 Å². The maximum atomic E-state index is 11.7. The van der Waals surface area contributed by atoms with Gasteiger partial charge in [-0.15, -0.1) is 0 Å². The van der Waals surface area contributed by atoms with Crippen LogP contribution in [0.5, 0.6) is 5.75 Å². The number of aromatic nitrogens is 3. The standard InChI is InChI=1S/C23H28N4O3/c1-4-23(29)19-7-11-22(12-8-19)30-14-21(28)13-26(3)17(2)18-5-9-20(10-6-18)27-16-24-15-25-27/h5-12,15-17,21,28H,4,13-14H2,1-3H3. The van der Waals surface area contributed by atoms with Crippen molar-refractivity contribution in [3.05, 3.63) is 72.3 Å². The Morgan fingerprint density at radius 1 is 1.17 bits per heavy atom. The first kappa shape index (κ1) is 21.7. The van der Waals surface area contributed by atoms with Crippen molar-refractivity contribution in [1.29, 1.82) is 0 Å². The average Bonchev–Trinajstić information content (AvgIpc) is 3.32. The summed E-state index contributed by atoms with van der Waals surface area (Å²) in [6.07, 6.45) is 3.01. The van der Waals surface area contributed by atoms with Crippen LogP contribution >= 0.6 is 0 Å². The van der Waals surface area contributed by atoms with Crippen LogP contribution in [0.3, 0.4) is 0 Å². The molecule has 1 aromatic heterocycles. The lowest BCUT2D eigenvalue weighted by Gasteiger charge is -2.27. The summed E-state index contributed by atoms with van der Waals surface area (Å²) in [5.74, 6) is 0.743. The molecule has 0 fully saturated rings. The maximum Gasteiger partial charge on any atom is 0.162 e. The summed E-state index contributed by atoms with van der Waals surface area (Å²) >= 11 is 0. The molecule has 0 aliphatic heterocycles. The lowest BCUT2D eigenvalue weighted by molar-refractivity contribution is 0.0653. The predicted molar refractivity (Wildman–Crippen MR) is 115 cm³/mol. The Bertz CT molecular complexity index is 924. The Kier molecular flexibility index (Phi) is 7.32. The van der Waals surface area contributed by atoms with Crippen molar-refractivity contribution in [2.45, 2.75) is 32.4 Å². The van der Waals surface area contributed by atoms with E-state index in [0.717, 1.165) is 11.3 Å². The lowest BCUT2D eigenvalue weighted by Crippen LogP contribution is -2.34. The van der Waals surface area contributed by atoms with Gasteiger partial charge < -0.3 is 9.84 Å². The van der Waals surface area contributed by atoms with Crippen LogP contribution in [0.4, 0.5) is 0 Å². The largest absolute Gasteiger partial charge is 0.491 e. The number of hydrogen-bond acceptors (Lipinski definition) is 6. The van der Waals surface area contributed by atoms with Crippen molar-refractivity contribution in [2.75, 3.05) is 20.2 Å². The highest BCUT2D eigenvalue weighted by atomic mass is 16.5. The number of benzene rings is 2. The summed E-state index contributed by atoms with van der Waals surface area (Å²) in [7, 11) is 1.98. The zero-order chi connectivity index (χ0) is 21.5. The first-order valence-corrected chi connectivity index (χ1v) is 10.1. The highest BCUT2D eigenvalue weighted by Gasteiger charge is 2.16. The first-order valence-electron chi connectivity index (χ1n) is 10.1. The van der Waals surface area contributed by atoms with Crippen LogP contribution in [0.2, 0.25) is 0 Å². The van der Waals surface area contributed by atoms with E-state index in [2.05, 4.69) is 34.0 Å². The van der Waals surface area contributed by atoms with Gasteiger partial charge in [0, 0.05) is 24.6 Å². The molecule has 2 atom stereocenters. The molecule has 3 rings (SSSR count). The van der Waals surface area contributed by atoms with Gasteiger partial charge in [0.1, 0.15) is 31.1 Å². The molecule has 0 aliphatic rings. The summed E-state index contributed by atoms with van der Waals surface area (Å²) in [4.78, 5) is 17.7. The Balaban J connectivity index is 1.49. The van der Waals surface area contributed by atoms with Gasteiger partial charge in [0.2, 0.25) is 0 Å². The Morgan fingerprint density at radius 3 is 2.47 bits per heavy atom. The normalized spacial score (nSPS) is 13.2. The van der Waals surface area contributed by atoms with Gasteiger partial charge >= 0.3 is 0 Å². The summed E-state index contributed by atoms with van der Waals surface area (Å²) in [6.45, 7) is 4.59. The second-order valence-corrected chi connectivity index (χ2v) is 7.31. The molecule has 0 aliphatic carbocycles. The van der Waals surface area contributed by atoms with Crippen molar-refractivity contribution in [3.8, 4) is 11.4 Å². The molecule has 0 saturated heterocycles. The van der Waals surface area contributed by atoms with Gasteiger partial charge in [-0.05, 0) is 55.9 Å². The smallest absolute Gasteiger partial charge is 0.162 e. The van der Waals surface area contributed by atoms with E-state index in [1.54, 1.807) is 35.3 Å². The van der Waals surface area contributed by atoms with Crippen molar-refractivity contribution >= 4 is 5.78 Å². The van der Waals surface area contributed by atoms with Gasteiger partial charge in [0.05, 0.1) is 5.69 Å². The van der Waals surface area contributed by atoms with Crippen molar-refractivity contribution in [1.82, 2.24) is 19.7 Å². The highest BCUT2D eigenvalue weighted by Crippen LogP contribution is 2.21. The Hall–Kier alpha value is -3.03. The second kappa shape index (κ2) is 10.1. The number of ether oxygens (including phenoxy) is 1. The molecule has 158 valence electrons. The molecule has 0 amide bonds. The van der Waals surface area contributed by atoms with Gasteiger partial charge in [0.25, 0.3) is 0 Å². The van der Waals surface area contributed by atoms with Crippen molar-refractivity contribution < 1.29 is 14.6 Å². The van der Waals surface area contributed by atoms with Crippen LogP contribution in [-0.2, 0) is 0 Å². The minimum absolute atomic E-state index is 0.103. The third-order valence-electron chi connectivity index (χ3n) is 5.16. The molecule has 0 spiro atoms. The third-order valence-corrected chi connectivity index (χ3v) is 5.16. The molecule has 7 nitrogen and oxygen atoms in total. The van der Waals surface area contributed by atoms with E-state index in [-0.39, 0.29) is 18.4 Å². The third kappa shape index (κ3) is 5.52. The lowest BCUT2D eigenvalue weighted by atomic mass is 10.1. The van der Waals surface area contributed by atoms with E-state index in [0.29, 0.717) is 24.3 Å². The average molecular weight is 409 g/mol. The molecule has 2 aromatic carbocycles. The quantitative estimate of drug-likeness (QED) is 0.519. The van der Waals surface area contributed by atoms with Crippen LogP contribution < -0.4 is 4.74 Å². The summed E-state index contributed by atoms with van der Waals surface area (Å²) < 4.78 is 7.39. The van der Waals surface area contributed by atoms with Gasteiger partial charge in [-0.25, -0.2) is 9.67 Å². The highest BCUT2D eigenvalue weighted by molar-refractivity contribution is 5.95. The van der Waals surface area contributed by atoms with E-state index >= 15 is 0 Å². The van der Waals surface area contributed by atoms with Crippen LogP contribution in [0.1, 0.15) is 42.2 Å². The fraction of sp³-hybridized carbons (Fsp3) is 0.348. The van der Waals surface area contributed by atoms with Gasteiger partial charge in [-0.3, -0.25) is 9.69 Å². The number of hydrogen-bond donors (Lipinski definition) is 1. The SMILES string of the molecule is CCC(=O)c1ccc(OCC(O)CN(C)C(C)c2ccc(-n3cncn3)cc2)cc1. The van der Waals surface area contributed by atoms with E-state index in [1.165, 1.54) is 6.33 Å². The molecule has 1 heterocycles. The van der Waals surface area contributed by atoms with Gasteiger partial charge in [-0.2, -0.15) is 5.10 Å². The van der Waals surface area contributed by atoms with Crippen LogP contribution in [0.25, 0.3) is 5.69 Å². The summed E-state index contributed by atoms with van der Waals surface area (Å²) in [6, 6.07) is 15.3. The molecule has 0 bridgehead atoms. The van der Waals surface area contributed by atoms with E-state index in [4.69, 9.17) is 4.74 Å². The fourth-order valence-electron chi connectivity index (χ4n) is 3.18. The minimum atomic E-state index is -0.635. The van der Waals surface area contributed by atoms with Crippen LogP contribution in [-0.4, -0.2) is 56.9 Å². The topological polar surface area (TPSA) is 80.5 Å². The zero-order valence-corrected chi connectivity index (χ0v) is 17.6. The number of carbonyl (C=O) groups is 1. The monoisotopic (exact) mass is 408 g/mol. The molecule has 0 radical (unpaired) electrons. The molecule has 3 aromatic rings. The summed E-state index contributed by atoms with van der Waals surface area (Å²) in [5, 5.41) is 14.5. The molecule has 0 saturated carbocycles. The number of likely N-dealkylation sites (N-methyl/N-ethyl adjacent to an activating group) is 1. The number of carbonyl (C=O) groups excluding carboxylic acids is 1. The number of aliphatic hydroxyl groups excluding tert-OH is 1. The minimum Gasteiger partial charge on any atom is -0.491 e. The van der Waals surface area contributed by atoms with Crippen molar-refractivity contribution in [3.63, 3.8) is 0 Å². The molecule has 1 N–H and O–H groups in total. The molecular weight excluding hydrogens is 380 g/mol. The number of rotatable bonds is 10. The number of nitrogens with zero attached hydrogens (tertiary/aromatic N) is 4. The maximum absolute atomic E-state index is 11.7. The predicted octanol–water partition coefficient (Wildman–Crippen LogP) is 3.29. The first-order chi connectivity index (χ1) is 14.5. The second-order valence-electron chi connectivity index (χ2n) is 7.31. The molecule has 30 heavy (non-hydrogen) atoms.